The third-order valence-corrected chi connectivity index (χ3v) is 7.47. The summed E-state index contributed by atoms with van der Waals surface area (Å²) in [6.07, 6.45) is 4.32. The summed E-state index contributed by atoms with van der Waals surface area (Å²) in [5.41, 5.74) is 0. The Bertz CT molecular complexity index is 937. The van der Waals surface area contributed by atoms with E-state index >= 15 is 0 Å². The van der Waals surface area contributed by atoms with Gasteiger partial charge in [-0.3, -0.25) is 9.59 Å². The molecule has 2 heterocycles. The molecule has 12 nitrogen and oxygen atoms in total. The number of nitrogens with one attached hydrogen (secondary N) is 2. The zero-order chi connectivity index (χ0) is 23.1. The highest BCUT2D eigenvalue weighted by Crippen LogP contribution is 2.14. The van der Waals surface area contributed by atoms with Gasteiger partial charge in [0.2, 0.25) is 5.91 Å². The quantitative estimate of drug-likeness (QED) is 0.420. The first-order valence-electron chi connectivity index (χ1n) is 9.16. The minimum absolute atomic E-state index is 0.146. The van der Waals surface area contributed by atoms with E-state index in [0.29, 0.717) is 6.54 Å². The van der Waals surface area contributed by atoms with Crippen LogP contribution in [0.25, 0.3) is 0 Å². The van der Waals surface area contributed by atoms with Gasteiger partial charge in [0.1, 0.15) is 5.82 Å². The zero-order valence-electron chi connectivity index (χ0n) is 17.4. The van der Waals surface area contributed by atoms with Gasteiger partial charge in [-0.15, -0.1) is 0 Å². The van der Waals surface area contributed by atoms with Crippen molar-refractivity contribution in [2.24, 2.45) is 0 Å². The van der Waals surface area contributed by atoms with Crippen LogP contribution < -0.4 is 10.0 Å². The molecule has 172 valence electrons. The smallest absolute Gasteiger partial charge is 0.300 e. The molecule has 0 unspecified atom stereocenters. The maximum absolute atomic E-state index is 12.2. The van der Waals surface area contributed by atoms with Crippen LogP contribution in [-0.4, -0.2) is 85.4 Å². The normalized spacial score (nSPS) is 20.4. The summed E-state index contributed by atoms with van der Waals surface area (Å²) in [5.74, 6) is -0.938. The Balaban J connectivity index is 0.00000103. The predicted octanol–water partition coefficient (Wildman–Crippen LogP) is -1.40. The van der Waals surface area contributed by atoms with Crippen LogP contribution in [0, 0.1) is 0 Å². The second-order valence-corrected chi connectivity index (χ2v) is 11.0. The topological polar surface area (TPSA) is 168 Å². The summed E-state index contributed by atoms with van der Waals surface area (Å²) in [4.78, 5) is 25.4. The Morgan fingerprint density at radius 1 is 1.30 bits per heavy atom. The highest BCUT2D eigenvalue weighted by Gasteiger charge is 2.40. The molecule has 0 aromatic carbocycles. The molecule has 1 aliphatic heterocycles. The molecular weight excluding hydrogens is 438 g/mol. The standard InChI is InChI=1S/C14H25N5O5S2.C2H4O2/c1-4-13-15-6-8-19(13)7-5-14(20)16-11-9-25(21,22)10-12(11)17-26(23,24)18(2)3;1-2(3)4/h6,8,11-12,17H,4-5,7,9-10H2,1-3H3,(H,16,20);1H3,(H,3,4)/t11-,12-;/m1./s1. The molecule has 30 heavy (non-hydrogen) atoms. The van der Waals surface area contributed by atoms with E-state index in [1.54, 1.807) is 12.4 Å². The third-order valence-electron chi connectivity index (χ3n) is 4.18. The number of amides is 1. The number of imidazole rings is 1. The first kappa shape index (κ1) is 26.0. The Kier molecular flexibility index (Phi) is 9.39. The number of sulfone groups is 1. The summed E-state index contributed by atoms with van der Waals surface area (Å²) in [7, 11) is -4.55. The van der Waals surface area contributed by atoms with Crippen molar-refractivity contribution >= 4 is 31.9 Å². The van der Waals surface area contributed by atoms with Crippen LogP contribution in [0.2, 0.25) is 0 Å². The van der Waals surface area contributed by atoms with Crippen molar-refractivity contribution in [2.45, 2.75) is 45.3 Å². The number of aryl methyl sites for hydroxylation is 2. The van der Waals surface area contributed by atoms with Gasteiger partial charge < -0.3 is 15.0 Å². The molecule has 1 fully saturated rings. The van der Waals surface area contributed by atoms with Crippen molar-refractivity contribution < 1.29 is 31.5 Å². The van der Waals surface area contributed by atoms with Crippen LogP contribution in [0.5, 0.6) is 0 Å². The van der Waals surface area contributed by atoms with Crippen molar-refractivity contribution in [3.63, 3.8) is 0 Å². The number of carbonyl (C=O) groups is 2. The van der Waals surface area contributed by atoms with Gasteiger partial charge in [0.05, 0.1) is 23.6 Å². The molecule has 2 rings (SSSR count). The molecule has 0 spiro atoms. The number of hydrogen-bond acceptors (Lipinski definition) is 7. The second-order valence-electron chi connectivity index (χ2n) is 6.92. The summed E-state index contributed by atoms with van der Waals surface area (Å²) >= 11 is 0. The van der Waals surface area contributed by atoms with Crippen LogP contribution in [0.15, 0.2) is 12.4 Å². The van der Waals surface area contributed by atoms with Gasteiger partial charge in [-0.05, 0) is 0 Å². The van der Waals surface area contributed by atoms with Crippen LogP contribution in [-0.2, 0) is 42.6 Å². The van der Waals surface area contributed by atoms with Crippen LogP contribution in [0.1, 0.15) is 26.1 Å². The molecule has 1 aromatic rings. The fraction of sp³-hybridized carbons (Fsp3) is 0.688. The van der Waals surface area contributed by atoms with E-state index in [1.165, 1.54) is 14.1 Å². The van der Waals surface area contributed by atoms with Crippen LogP contribution >= 0.6 is 0 Å². The lowest BCUT2D eigenvalue weighted by Crippen LogP contribution is -2.53. The van der Waals surface area contributed by atoms with Crippen molar-refractivity contribution in [1.82, 2.24) is 23.9 Å². The number of carbonyl (C=O) groups excluding carboxylic acids is 1. The first-order chi connectivity index (χ1) is 13.8. The van der Waals surface area contributed by atoms with Crippen molar-refractivity contribution in [3.8, 4) is 0 Å². The fourth-order valence-corrected chi connectivity index (χ4v) is 5.57. The van der Waals surface area contributed by atoms with E-state index < -0.39 is 38.1 Å². The Labute approximate surface area is 176 Å². The molecule has 0 aliphatic carbocycles. The molecular formula is C16H29N5O7S2. The number of carboxylic acids is 1. The average molecular weight is 468 g/mol. The zero-order valence-corrected chi connectivity index (χ0v) is 19.0. The van der Waals surface area contributed by atoms with Crippen molar-refractivity contribution in [3.05, 3.63) is 18.2 Å². The largest absolute Gasteiger partial charge is 0.481 e. The lowest BCUT2D eigenvalue weighted by Gasteiger charge is -2.22. The number of aromatic nitrogens is 2. The summed E-state index contributed by atoms with van der Waals surface area (Å²) in [6, 6.07) is -1.69. The van der Waals surface area contributed by atoms with Gasteiger partial charge in [0, 0.05) is 52.8 Å². The number of rotatable bonds is 8. The van der Waals surface area contributed by atoms with E-state index in [0.717, 1.165) is 23.5 Å². The van der Waals surface area contributed by atoms with Gasteiger partial charge >= 0.3 is 0 Å². The molecule has 1 aliphatic rings. The number of hydrogen-bond donors (Lipinski definition) is 3. The third kappa shape index (κ3) is 8.38. The molecule has 0 saturated carbocycles. The Morgan fingerprint density at radius 2 is 1.87 bits per heavy atom. The Hall–Kier alpha value is -2.03. The lowest BCUT2D eigenvalue weighted by atomic mass is 10.2. The van der Waals surface area contributed by atoms with E-state index in [9.17, 15) is 21.6 Å². The average Bonchev–Trinajstić information content (AvgIpc) is 3.15. The minimum atomic E-state index is -3.80. The highest BCUT2D eigenvalue weighted by atomic mass is 32.2. The number of nitrogens with zero attached hydrogens (tertiary/aromatic N) is 3. The Morgan fingerprint density at radius 3 is 2.40 bits per heavy atom. The van der Waals surface area contributed by atoms with E-state index in [2.05, 4.69) is 15.0 Å². The molecule has 0 bridgehead atoms. The van der Waals surface area contributed by atoms with Crippen molar-refractivity contribution in [2.75, 3.05) is 25.6 Å². The van der Waals surface area contributed by atoms with E-state index in [4.69, 9.17) is 9.90 Å². The number of aliphatic carboxylic acids is 1. The molecule has 1 aromatic heterocycles. The van der Waals surface area contributed by atoms with E-state index in [-0.39, 0.29) is 23.8 Å². The molecule has 1 saturated heterocycles. The summed E-state index contributed by atoms with van der Waals surface area (Å²) in [5, 5.41) is 10.1. The second kappa shape index (κ2) is 10.8. The molecule has 2 atom stereocenters. The van der Waals surface area contributed by atoms with Gasteiger partial charge in [-0.25, -0.2) is 13.4 Å². The molecule has 3 N–H and O–H groups in total. The van der Waals surface area contributed by atoms with Gasteiger partial charge in [0.15, 0.2) is 9.84 Å². The molecule has 0 radical (unpaired) electrons. The van der Waals surface area contributed by atoms with Gasteiger partial charge in [-0.1, -0.05) is 6.92 Å². The monoisotopic (exact) mass is 467 g/mol. The molecule has 1 amide bonds. The van der Waals surface area contributed by atoms with Crippen LogP contribution in [0.3, 0.4) is 0 Å². The summed E-state index contributed by atoms with van der Waals surface area (Å²) in [6.45, 7) is 3.46. The maximum atomic E-state index is 12.2. The minimum Gasteiger partial charge on any atom is -0.481 e. The van der Waals surface area contributed by atoms with Crippen molar-refractivity contribution in [1.29, 1.82) is 0 Å². The highest BCUT2D eigenvalue weighted by molar-refractivity contribution is 7.92. The number of carboxylic acid groups (broad SMARTS) is 1. The fourth-order valence-electron chi connectivity index (χ4n) is 2.76. The first-order valence-corrected chi connectivity index (χ1v) is 12.4. The lowest BCUT2D eigenvalue weighted by molar-refractivity contribution is -0.134. The van der Waals surface area contributed by atoms with Gasteiger partial charge in [-0.2, -0.15) is 17.4 Å². The van der Waals surface area contributed by atoms with Crippen LogP contribution in [0.4, 0.5) is 0 Å². The summed E-state index contributed by atoms with van der Waals surface area (Å²) < 4.78 is 52.9. The van der Waals surface area contributed by atoms with Gasteiger partial charge in [0.25, 0.3) is 16.2 Å². The van der Waals surface area contributed by atoms with E-state index in [1.807, 2.05) is 11.5 Å². The SMILES string of the molecule is CC(=O)O.CCc1nccn1CCC(=O)N[C@@H]1CS(=O)(=O)C[C@H]1NS(=O)(=O)N(C)C. The molecule has 14 heteroatoms. The maximum Gasteiger partial charge on any atom is 0.300 e. The predicted molar refractivity (Wildman–Crippen MR) is 110 cm³/mol.